The Kier molecular flexibility index (Phi) is 7.99. The van der Waals surface area contributed by atoms with E-state index in [0.717, 1.165) is 57.6 Å². The van der Waals surface area contributed by atoms with Crippen LogP contribution in [0, 0.1) is 11.6 Å². The molecule has 1 N–H and O–H groups in total. The SMILES string of the molecule is Fc1ccc(-c2c(-c3ccncc3)cc3n2CCS3)cc1.O=C(O)c1c(-c2ccncc2)c(-c2ccc(F)cc2)n2c1SCC2. The van der Waals surface area contributed by atoms with E-state index in [1.807, 2.05) is 40.6 Å². The van der Waals surface area contributed by atoms with Crippen molar-refractivity contribution in [2.24, 2.45) is 0 Å². The first-order valence-corrected chi connectivity index (χ1v) is 16.3. The number of nitrogens with zero attached hydrogens (tertiary/aromatic N) is 4. The molecular weight excluding hydrogens is 611 g/mol. The van der Waals surface area contributed by atoms with Crippen LogP contribution in [-0.2, 0) is 13.1 Å². The average molecular weight is 637 g/mol. The number of hydrogen-bond donors (Lipinski definition) is 1. The summed E-state index contributed by atoms with van der Waals surface area (Å²) >= 11 is 3.41. The number of aromatic nitrogens is 4. The van der Waals surface area contributed by atoms with Crippen molar-refractivity contribution in [3.8, 4) is 44.8 Å². The molecule has 0 radical (unpaired) electrons. The van der Waals surface area contributed by atoms with E-state index in [1.165, 1.54) is 40.5 Å². The van der Waals surface area contributed by atoms with Crippen LogP contribution in [0.25, 0.3) is 44.8 Å². The van der Waals surface area contributed by atoms with Crippen molar-refractivity contribution in [2.45, 2.75) is 23.1 Å². The number of halogens is 2. The highest BCUT2D eigenvalue weighted by Crippen LogP contribution is 2.46. The zero-order valence-corrected chi connectivity index (χ0v) is 25.5. The third kappa shape index (κ3) is 5.55. The highest BCUT2D eigenvalue weighted by Gasteiger charge is 2.31. The summed E-state index contributed by atoms with van der Waals surface area (Å²) in [5.41, 5.74) is 7.94. The standard InChI is InChI=1S/C18H13FN2O2S.C17H13FN2S/c19-13-3-1-12(2-4-13)16-14(11-5-7-20-8-6-11)15(18(22)23)17-21(16)9-10-24-17;18-14-3-1-13(2-4-14)17-15(12-5-7-19-8-6-12)11-16-20(17)9-10-21-16/h1-8H,9-10H2,(H,22,23);1-8,11H,9-10H2. The molecule has 6 aromatic rings. The van der Waals surface area contributed by atoms with Gasteiger partial charge in [0.15, 0.2) is 0 Å². The molecule has 0 aliphatic carbocycles. The molecule has 2 aromatic carbocycles. The number of carboxylic acids is 1. The van der Waals surface area contributed by atoms with Gasteiger partial charge in [-0.3, -0.25) is 9.97 Å². The fourth-order valence-electron chi connectivity index (χ4n) is 5.88. The van der Waals surface area contributed by atoms with Gasteiger partial charge in [0.05, 0.1) is 27.0 Å². The molecule has 4 aromatic heterocycles. The van der Waals surface area contributed by atoms with Gasteiger partial charge in [-0.05, 0) is 101 Å². The first-order chi connectivity index (χ1) is 22.0. The Labute approximate surface area is 266 Å². The number of benzene rings is 2. The normalized spacial score (nSPS) is 13.2. The van der Waals surface area contributed by atoms with E-state index < -0.39 is 5.97 Å². The zero-order valence-electron chi connectivity index (χ0n) is 23.9. The number of carboxylic acid groups (broad SMARTS) is 1. The van der Waals surface area contributed by atoms with Crippen LogP contribution in [0.3, 0.4) is 0 Å². The Morgan fingerprint density at radius 2 is 1.20 bits per heavy atom. The van der Waals surface area contributed by atoms with Crippen molar-refractivity contribution in [1.82, 2.24) is 19.1 Å². The lowest BCUT2D eigenvalue weighted by Crippen LogP contribution is -1.99. The molecule has 2 aliphatic rings. The van der Waals surface area contributed by atoms with Crippen LogP contribution in [0.1, 0.15) is 10.4 Å². The van der Waals surface area contributed by atoms with Gasteiger partial charge in [0.2, 0.25) is 0 Å². The van der Waals surface area contributed by atoms with Crippen LogP contribution in [0.4, 0.5) is 8.78 Å². The van der Waals surface area contributed by atoms with Crippen LogP contribution >= 0.6 is 23.5 Å². The molecule has 0 saturated carbocycles. The fourth-order valence-corrected chi connectivity index (χ4v) is 8.04. The molecule has 8 rings (SSSR count). The smallest absolute Gasteiger partial charge is 0.339 e. The lowest BCUT2D eigenvalue weighted by molar-refractivity contribution is 0.0693. The number of thioether (sulfide) groups is 2. The molecule has 0 amide bonds. The zero-order chi connectivity index (χ0) is 30.9. The Bertz CT molecular complexity index is 1990. The van der Waals surface area contributed by atoms with Crippen LogP contribution < -0.4 is 0 Å². The van der Waals surface area contributed by atoms with Gasteiger partial charge in [0.1, 0.15) is 11.6 Å². The maximum atomic E-state index is 13.3. The van der Waals surface area contributed by atoms with Gasteiger partial charge in [0.25, 0.3) is 0 Å². The summed E-state index contributed by atoms with van der Waals surface area (Å²) in [6.45, 7) is 1.73. The van der Waals surface area contributed by atoms with Crippen molar-refractivity contribution in [3.63, 3.8) is 0 Å². The largest absolute Gasteiger partial charge is 0.478 e. The highest BCUT2D eigenvalue weighted by atomic mass is 32.2. The topological polar surface area (TPSA) is 72.9 Å². The second kappa shape index (κ2) is 12.4. The molecule has 10 heteroatoms. The molecule has 0 fully saturated rings. The van der Waals surface area contributed by atoms with E-state index in [2.05, 4.69) is 20.6 Å². The molecule has 0 unspecified atom stereocenters. The molecule has 2 aliphatic heterocycles. The minimum absolute atomic E-state index is 0.202. The maximum absolute atomic E-state index is 13.3. The summed E-state index contributed by atoms with van der Waals surface area (Å²) < 4.78 is 30.9. The number of aromatic carboxylic acids is 1. The van der Waals surface area contributed by atoms with Crippen molar-refractivity contribution >= 4 is 29.5 Å². The van der Waals surface area contributed by atoms with Gasteiger partial charge in [-0.2, -0.15) is 0 Å². The Balaban J connectivity index is 0.000000146. The second-order valence-corrected chi connectivity index (χ2v) is 12.6. The summed E-state index contributed by atoms with van der Waals surface area (Å²) in [6.07, 6.45) is 6.90. The molecular formula is C35H26F2N4O2S2. The average Bonchev–Trinajstić information content (AvgIpc) is 3.84. The number of carbonyl (C=O) groups is 1. The predicted octanol–water partition coefficient (Wildman–Crippen LogP) is 8.62. The molecule has 0 spiro atoms. The van der Waals surface area contributed by atoms with Crippen LogP contribution in [0.15, 0.2) is 114 Å². The van der Waals surface area contributed by atoms with Gasteiger partial charge < -0.3 is 14.2 Å². The molecule has 6 heterocycles. The van der Waals surface area contributed by atoms with Crippen LogP contribution in [0.2, 0.25) is 0 Å². The predicted molar refractivity (Wildman–Crippen MR) is 175 cm³/mol. The summed E-state index contributed by atoms with van der Waals surface area (Å²) in [6, 6.07) is 22.8. The Morgan fingerprint density at radius 1 is 0.667 bits per heavy atom. The number of rotatable bonds is 5. The monoisotopic (exact) mass is 636 g/mol. The summed E-state index contributed by atoms with van der Waals surface area (Å²) in [7, 11) is 0. The third-order valence-corrected chi connectivity index (χ3v) is 9.91. The summed E-state index contributed by atoms with van der Waals surface area (Å²) in [4.78, 5) is 20.1. The maximum Gasteiger partial charge on any atom is 0.339 e. The van der Waals surface area contributed by atoms with E-state index in [4.69, 9.17) is 0 Å². The van der Waals surface area contributed by atoms with Gasteiger partial charge in [0, 0.05) is 60.5 Å². The Hall–Kier alpha value is -4.67. The van der Waals surface area contributed by atoms with E-state index in [9.17, 15) is 18.7 Å². The second-order valence-electron chi connectivity index (χ2n) is 10.4. The van der Waals surface area contributed by atoms with Gasteiger partial charge >= 0.3 is 5.97 Å². The quantitative estimate of drug-likeness (QED) is 0.204. The van der Waals surface area contributed by atoms with Crippen molar-refractivity contribution < 1.29 is 18.7 Å². The molecule has 0 saturated heterocycles. The molecule has 0 bridgehead atoms. The number of hydrogen-bond acceptors (Lipinski definition) is 5. The van der Waals surface area contributed by atoms with Crippen molar-refractivity contribution in [1.29, 1.82) is 0 Å². The fraction of sp³-hybridized carbons (Fsp3) is 0.114. The minimum Gasteiger partial charge on any atom is -0.478 e. The summed E-state index contributed by atoms with van der Waals surface area (Å²) in [5, 5.41) is 11.8. The first kappa shape index (κ1) is 29.1. The van der Waals surface area contributed by atoms with E-state index in [-0.39, 0.29) is 11.6 Å². The molecule has 45 heavy (non-hydrogen) atoms. The molecule has 224 valence electrons. The van der Waals surface area contributed by atoms with Crippen molar-refractivity contribution in [3.05, 3.63) is 121 Å². The van der Waals surface area contributed by atoms with Gasteiger partial charge in [-0.15, -0.1) is 23.5 Å². The molecule has 6 nitrogen and oxygen atoms in total. The lowest BCUT2D eigenvalue weighted by atomic mass is 9.98. The summed E-state index contributed by atoms with van der Waals surface area (Å²) in [5.74, 6) is 0.464. The Morgan fingerprint density at radius 3 is 1.80 bits per heavy atom. The van der Waals surface area contributed by atoms with Crippen LogP contribution in [-0.4, -0.2) is 41.7 Å². The van der Waals surface area contributed by atoms with Gasteiger partial charge in [-0.25, -0.2) is 13.6 Å². The van der Waals surface area contributed by atoms with Crippen molar-refractivity contribution in [2.75, 3.05) is 11.5 Å². The minimum atomic E-state index is -0.951. The molecule has 0 atom stereocenters. The van der Waals surface area contributed by atoms with Crippen LogP contribution in [0.5, 0.6) is 0 Å². The lowest BCUT2D eigenvalue weighted by Gasteiger charge is -2.10. The first-order valence-electron chi connectivity index (χ1n) is 14.3. The van der Waals surface area contributed by atoms with Gasteiger partial charge in [-0.1, -0.05) is 0 Å². The van der Waals surface area contributed by atoms with E-state index in [1.54, 1.807) is 60.8 Å². The number of pyridine rings is 2. The third-order valence-electron chi connectivity index (χ3n) is 7.80. The van der Waals surface area contributed by atoms with E-state index in [0.29, 0.717) is 11.1 Å². The number of fused-ring (bicyclic) bond motifs is 2. The highest BCUT2D eigenvalue weighted by molar-refractivity contribution is 7.99. The van der Waals surface area contributed by atoms with E-state index >= 15 is 0 Å².